The summed E-state index contributed by atoms with van der Waals surface area (Å²) in [6.07, 6.45) is 3.50. The number of aromatic nitrogens is 2. The molecule has 6 nitrogen and oxygen atoms in total. The van der Waals surface area contributed by atoms with E-state index in [-0.39, 0.29) is 17.8 Å². The highest BCUT2D eigenvalue weighted by atomic mass is 35.5. The number of carbonyl (C=O) groups is 2. The molecule has 0 radical (unpaired) electrons. The van der Waals surface area contributed by atoms with Crippen molar-refractivity contribution in [3.8, 4) is 5.69 Å². The molecule has 166 valence electrons. The topological polar surface area (TPSA) is 76.0 Å². The molecule has 1 heterocycles. The molecule has 1 aromatic heterocycles. The van der Waals surface area contributed by atoms with Crippen molar-refractivity contribution in [2.45, 2.75) is 45.6 Å². The van der Waals surface area contributed by atoms with Crippen molar-refractivity contribution in [2.24, 2.45) is 0 Å². The standard InChI is InChI=1S/C24H24ClFN4O2/c1-14(2)27-23(31)15-7-12-19(25)20(13-15)28-24(32)22-18-5-3-4-6-21(18)30(29-22)17-10-8-16(26)9-11-17/h7-14H,3-6H2,1-2H3,(H,27,31)(H,28,32). The van der Waals surface area contributed by atoms with Gasteiger partial charge >= 0.3 is 0 Å². The van der Waals surface area contributed by atoms with E-state index in [1.165, 1.54) is 12.1 Å². The van der Waals surface area contributed by atoms with Gasteiger partial charge in [0, 0.05) is 22.9 Å². The molecule has 3 aromatic rings. The third-order valence-corrected chi connectivity index (χ3v) is 5.69. The summed E-state index contributed by atoms with van der Waals surface area (Å²) in [5.74, 6) is -0.971. The van der Waals surface area contributed by atoms with Gasteiger partial charge in [0.05, 0.1) is 16.4 Å². The molecule has 4 rings (SSSR count). The maximum atomic E-state index is 13.4. The predicted molar refractivity (Wildman–Crippen MR) is 122 cm³/mol. The first-order valence-corrected chi connectivity index (χ1v) is 11.0. The molecular formula is C24H24ClFN4O2. The van der Waals surface area contributed by atoms with Crippen LogP contribution < -0.4 is 10.6 Å². The van der Waals surface area contributed by atoms with E-state index in [9.17, 15) is 14.0 Å². The number of nitrogens with zero attached hydrogens (tertiary/aromatic N) is 2. The Balaban J connectivity index is 1.66. The number of hydrogen-bond acceptors (Lipinski definition) is 3. The summed E-state index contributed by atoms with van der Waals surface area (Å²) >= 11 is 6.29. The van der Waals surface area contributed by atoms with Crippen molar-refractivity contribution in [3.63, 3.8) is 0 Å². The van der Waals surface area contributed by atoms with Crippen molar-refractivity contribution in [2.75, 3.05) is 5.32 Å². The number of carbonyl (C=O) groups excluding carboxylic acids is 2. The summed E-state index contributed by atoms with van der Waals surface area (Å²) in [5, 5.41) is 10.5. The monoisotopic (exact) mass is 454 g/mol. The number of benzene rings is 2. The Morgan fingerprint density at radius 3 is 2.50 bits per heavy atom. The fourth-order valence-electron chi connectivity index (χ4n) is 3.87. The highest BCUT2D eigenvalue weighted by Crippen LogP contribution is 2.29. The third-order valence-electron chi connectivity index (χ3n) is 5.36. The fraction of sp³-hybridized carbons (Fsp3) is 0.292. The molecule has 8 heteroatoms. The zero-order valence-corrected chi connectivity index (χ0v) is 18.7. The first-order chi connectivity index (χ1) is 15.3. The van der Waals surface area contributed by atoms with Gasteiger partial charge in [-0.3, -0.25) is 9.59 Å². The average molecular weight is 455 g/mol. The molecule has 32 heavy (non-hydrogen) atoms. The maximum absolute atomic E-state index is 13.4. The average Bonchev–Trinajstić information content (AvgIpc) is 3.15. The van der Waals surface area contributed by atoms with Gasteiger partial charge in [-0.05, 0) is 82.0 Å². The lowest BCUT2D eigenvalue weighted by Crippen LogP contribution is -2.30. The lowest BCUT2D eigenvalue weighted by molar-refractivity contribution is 0.0941. The molecule has 0 bridgehead atoms. The number of amides is 2. The van der Waals surface area contributed by atoms with Gasteiger partial charge in [0.15, 0.2) is 5.69 Å². The van der Waals surface area contributed by atoms with Crippen molar-refractivity contribution in [1.29, 1.82) is 0 Å². The van der Waals surface area contributed by atoms with Crippen LogP contribution in [0.3, 0.4) is 0 Å². The SMILES string of the molecule is CC(C)NC(=O)c1ccc(Cl)c(NC(=O)c2nn(-c3ccc(F)cc3)c3c2CCCC3)c1. The van der Waals surface area contributed by atoms with Crippen LogP contribution in [-0.2, 0) is 12.8 Å². The smallest absolute Gasteiger partial charge is 0.276 e. The highest BCUT2D eigenvalue weighted by molar-refractivity contribution is 6.34. The molecule has 0 spiro atoms. The molecule has 0 saturated carbocycles. The van der Waals surface area contributed by atoms with Crippen LogP contribution in [0, 0.1) is 5.82 Å². The minimum Gasteiger partial charge on any atom is -0.350 e. The van der Waals surface area contributed by atoms with Gasteiger partial charge in [0.1, 0.15) is 5.82 Å². The molecule has 0 atom stereocenters. The second kappa shape index (κ2) is 9.12. The van der Waals surface area contributed by atoms with Crippen molar-refractivity contribution < 1.29 is 14.0 Å². The molecule has 2 amide bonds. The summed E-state index contributed by atoms with van der Waals surface area (Å²) in [5.41, 5.74) is 3.62. The van der Waals surface area contributed by atoms with E-state index in [4.69, 9.17) is 11.6 Å². The van der Waals surface area contributed by atoms with E-state index < -0.39 is 5.91 Å². The van der Waals surface area contributed by atoms with E-state index in [2.05, 4.69) is 15.7 Å². The second-order valence-corrected chi connectivity index (χ2v) is 8.55. The van der Waals surface area contributed by atoms with E-state index in [1.54, 1.807) is 35.0 Å². The Morgan fingerprint density at radius 1 is 1.06 bits per heavy atom. The summed E-state index contributed by atoms with van der Waals surface area (Å²) in [6, 6.07) is 10.8. The molecule has 2 N–H and O–H groups in total. The van der Waals surface area contributed by atoms with Crippen LogP contribution in [0.15, 0.2) is 42.5 Å². The zero-order chi connectivity index (χ0) is 22.8. The molecule has 1 aliphatic rings. The van der Waals surface area contributed by atoms with Gasteiger partial charge in [-0.1, -0.05) is 11.6 Å². The number of anilines is 1. The van der Waals surface area contributed by atoms with E-state index >= 15 is 0 Å². The Morgan fingerprint density at radius 2 is 1.78 bits per heavy atom. The molecule has 0 fully saturated rings. The summed E-state index contributed by atoms with van der Waals surface area (Å²) in [7, 11) is 0. The second-order valence-electron chi connectivity index (χ2n) is 8.15. The third kappa shape index (κ3) is 4.53. The molecule has 2 aromatic carbocycles. The van der Waals surface area contributed by atoms with Crippen molar-refractivity contribution >= 4 is 29.1 Å². The Labute approximate surface area is 190 Å². The van der Waals surface area contributed by atoms with Gasteiger partial charge in [0.25, 0.3) is 11.8 Å². The Bertz CT molecular complexity index is 1170. The lowest BCUT2D eigenvalue weighted by atomic mass is 9.95. The van der Waals surface area contributed by atoms with Crippen molar-refractivity contribution in [1.82, 2.24) is 15.1 Å². The molecular weight excluding hydrogens is 431 g/mol. The number of nitrogens with one attached hydrogen (secondary N) is 2. The quantitative estimate of drug-likeness (QED) is 0.573. The Hall–Kier alpha value is -3.19. The van der Waals surface area contributed by atoms with Gasteiger partial charge in [-0.15, -0.1) is 0 Å². The van der Waals surface area contributed by atoms with Crippen LogP contribution in [-0.4, -0.2) is 27.6 Å². The molecule has 0 unspecified atom stereocenters. The van der Waals surface area contributed by atoms with Crippen LogP contribution in [0.2, 0.25) is 5.02 Å². The largest absolute Gasteiger partial charge is 0.350 e. The van der Waals surface area contributed by atoms with E-state index in [0.717, 1.165) is 36.9 Å². The minimum absolute atomic E-state index is 0.0156. The summed E-state index contributed by atoms with van der Waals surface area (Å²) in [4.78, 5) is 25.5. The van der Waals surface area contributed by atoms with Gasteiger partial charge in [-0.2, -0.15) is 5.10 Å². The van der Waals surface area contributed by atoms with E-state index in [1.807, 2.05) is 13.8 Å². The highest BCUT2D eigenvalue weighted by Gasteiger charge is 2.26. The van der Waals surface area contributed by atoms with E-state index in [0.29, 0.717) is 27.7 Å². The van der Waals surface area contributed by atoms with Gasteiger partial charge in [0.2, 0.25) is 0 Å². The minimum atomic E-state index is -0.396. The zero-order valence-electron chi connectivity index (χ0n) is 17.9. The first kappa shape index (κ1) is 22.0. The lowest BCUT2D eigenvalue weighted by Gasteiger charge is -2.14. The summed E-state index contributed by atoms with van der Waals surface area (Å²) < 4.78 is 15.1. The van der Waals surface area contributed by atoms with Gasteiger partial charge in [-0.25, -0.2) is 9.07 Å². The van der Waals surface area contributed by atoms with Crippen LogP contribution in [0.5, 0.6) is 0 Å². The molecule has 1 aliphatic carbocycles. The van der Waals surface area contributed by atoms with Crippen LogP contribution in [0.1, 0.15) is 58.8 Å². The normalized spacial score (nSPS) is 13.0. The van der Waals surface area contributed by atoms with Crippen LogP contribution >= 0.6 is 11.6 Å². The van der Waals surface area contributed by atoms with Gasteiger partial charge < -0.3 is 10.6 Å². The molecule has 0 aliphatic heterocycles. The van der Waals surface area contributed by atoms with Crippen molar-refractivity contribution in [3.05, 3.63) is 75.8 Å². The number of hydrogen-bond donors (Lipinski definition) is 2. The first-order valence-electron chi connectivity index (χ1n) is 10.6. The predicted octanol–water partition coefficient (Wildman–Crippen LogP) is 4.93. The Kier molecular flexibility index (Phi) is 6.28. The number of fused-ring (bicyclic) bond motifs is 1. The van der Waals surface area contributed by atoms with Crippen LogP contribution in [0.4, 0.5) is 10.1 Å². The maximum Gasteiger partial charge on any atom is 0.276 e. The fourth-order valence-corrected chi connectivity index (χ4v) is 4.03. The number of rotatable bonds is 5. The molecule has 0 saturated heterocycles. The number of halogens is 2. The summed E-state index contributed by atoms with van der Waals surface area (Å²) in [6.45, 7) is 3.74. The van der Waals surface area contributed by atoms with Crippen LogP contribution in [0.25, 0.3) is 5.69 Å².